The SMILES string of the molecule is CCC(F)(F)C(F)(F)C(F)(F)C(F)(F)C(F)(F)C(F)(F)C(F)(F)C(F)(F)C(F)(F)S(=O)(=O)O.CNC. The van der Waals surface area contributed by atoms with E-state index < -0.39 is 69.2 Å². The number of hydrogen-bond acceptors (Lipinski definition) is 3. The molecule has 36 heavy (non-hydrogen) atoms. The van der Waals surface area contributed by atoms with Gasteiger partial charge in [-0.2, -0.15) is 87.4 Å². The van der Waals surface area contributed by atoms with Gasteiger partial charge in [-0.15, -0.1) is 0 Å². The number of rotatable bonds is 10. The molecule has 0 spiro atoms. The van der Waals surface area contributed by atoms with Gasteiger partial charge in [0.05, 0.1) is 0 Å². The fraction of sp³-hybridized carbons (Fsp3) is 1.00. The quantitative estimate of drug-likeness (QED) is 0.245. The van der Waals surface area contributed by atoms with E-state index in [1.165, 1.54) is 0 Å². The van der Waals surface area contributed by atoms with Crippen molar-refractivity contribution < 1.29 is 92.0 Å². The van der Waals surface area contributed by atoms with Gasteiger partial charge in [0.15, 0.2) is 0 Å². The molecular weight excluding hydrogens is 592 g/mol. The lowest BCUT2D eigenvalue weighted by Crippen LogP contribution is -2.76. The maximum Gasteiger partial charge on any atom is 0.438 e. The second-order valence-corrected chi connectivity index (χ2v) is 8.03. The van der Waals surface area contributed by atoms with Crippen LogP contribution in [-0.2, 0) is 10.1 Å². The molecule has 0 bridgehead atoms. The summed E-state index contributed by atoms with van der Waals surface area (Å²) in [7, 11) is -4.21. The highest BCUT2D eigenvalue weighted by molar-refractivity contribution is 7.87. The smallest absolute Gasteiger partial charge is 0.323 e. The van der Waals surface area contributed by atoms with E-state index in [4.69, 9.17) is 4.55 Å². The highest BCUT2D eigenvalue weighted by Crippen LogP contribution is 2.65. The standard InChI is InChI=1S/C11H6F18O3S.C2H7N/c1-2-3(12,13)4(14,15)5(16,17)6(18,19)7(20,21)8(22,23)9(24,25)10(26,27)11(28,29)33(30,31)32;1-3-2/h2H2,1H3,(H,30,31,32);3H,1-2H3. The van der Waals surface area contributed by atoms with Crippen LogP contribution in [0.3, 0.4) is 0 Å². The van der Waals surface area contributed by atoms with Gasteiger partial charge < -0.3 is 5.32 Å². The van der Waals surface area contributed by atoms with Crippen LogP contribution in [-0.4, -0.2) is 79.7 Å². The van der Waals surface area contributed by atoms with Gasteiger partial charge in [-0.1, -0.05) is 6.92 Å². The zero-order valence-electron chi connectivity index (χ0n) is 17.2. The lowest BCUT2D eigenvalue weighted by atomic mass is 9.87. The highest BCUT2D eigenvalue weighted by atomic mass is 32.2. The predicted octanol–water partition coefficient (Wildman–Crippen LogP) is 5.80. The van der Waals surface area contributed by atoms with Gasteiger partial charge in [-0.25, -0.2) is 0 Å². The highest BCUT2D eigenvalue weighted by Gasteiger charge is 2.97. The van der Waals surface area contributed by atoms with Crippen LogP contribution in [0.25, 0.3) is 0 Å². The van der Waals surface area contributed by atoms with Crippen molar-refractivity contribution in [2.45, 2.75) is 66.0 Å². The van der Waals surface area contributed by atoms with Crippen LogP contribution in [0.5, 0.6) is 0 Å². The second-order valence-electron chi connectivity index (χ2n) is 6.57. The van der Waals surface area contributed by atoms with Crippen molar-refractivity contribution in [3.63, 3.8) is 0 Å². The Kier molecular flexibility index (Phi) is 9.94. The van der Waals surface area contributed by atoms with Crippen LogP contribution in [0.2, 0.25) is 0 Å². The molecule has 0 rings (SSSR count). The van der Waals surface area contributed by atoms with E-state index in [9.17, 15) is 87.4 Å². The van der Waals surface area contributed by atoms with Gasteiger partial charge in [0.25, 0.3) is 0 Å². The minimum atomic E-state index is -9.00. The minimum absolute atomic E-state index is 0.166. The van der Waals surface area contributed by atoms with Gasteiger partial charge in [0, 0.05) is 6.42 Å². The van der Waals surface area contributed by atoms with Gasteiger partial charge in [0.2, 0.25) is 0 Å². The first-order chi connectivity index (χ1) is 15.2. The molecule has 0 saturated carbocycles. The van der Waals surface area contributed by atoms with E-state index in [1.807, 2.05) is 14.1 Å². The third-order valence-corrected chi connectivity index (χ3v) is 4.86. The Labute approximate surface area is 188 Å². The van der Waals surface area contributed by atoms with E-state index >= 15 is 0 Å². The van der Waals surface area contributed by atoms with Gasteiger partial charge in [0.1, 0.15) is 0 Å². The molecule has 0 fully saturated rings. The summed E-state index contributed by atoms with van der Waals surface area (Å²) in [4.78, 5) is 0. The Hall–Kier alpha value is -1.39. The minimum Gasteiger partial charge on any atom is -0.323 e. The van der Waals surface area contributed by atoms with Crippen LogP contribution in [0.1, 0.15) is 13.3 Å². The normalized spacial score (nSPS) is 15.9. The van der Waals surface area contributed by atoms with Crippen molar-refractivity contribution in [3.05, 3.63) is 0 Å². The summed E-state index contributed by atoms with van der Waals surface area (Å²) in [5, 5.41) is -5.15. The molecule has 0 aromatic heterocycles. The fourth-order valence-electron chi connectivity index (χ4n) is 1.78. The van der Waals surface area contributed by atoms with Gasteiger partial charge in [-0.05, 0) is 14.1 Å². The molecule has 0 aromatic carbocycles. The molecule has 23 heteroatoms. The number of nitrogens with one attached hydrogen (secondary N) is 1. The van der Waals surface area contributed by atoms with E-state index in [0.29, 0.717) is 0 Å². The van der Waals surface area contributed by atoms with Crippen LogP contribution >= 0.6 is 0 Å². The molecule has 2 N–H and O–H groups in total. The molecule has 0 radical (unpaired) electrons. The van der Waals surface area contributed by atoms with Gasteiger partial charge in [-0.3, -0.25) is 4.55 Å². The van der Waals surface area contributed by atoms with Crippen LogP contribution in [0, 0.1) is 0 Å². The van der Waals surface area contributed by atoms with Crippen LogP contribution < -0.4 is 5.32 Å². The molecule has 0 aliphatic rings. The summed E-state index contributed by atoms with van der Waals surface area (Å²) >= 11 is 0. The first-order valence-electron chi connectivity index (χ1n) is 8.18. The van der Waals surface area contributed by atoms with Crippen LogP contribution in [0.15, 0.2) is 0 Å². The molecule has 0 saturated heterocycles. The largest absolute Gasteiger partial charge is 0.438 e. The summed E-state index contributed by atoms with van der Waals surface area (Å²) < 4.78 is 265. The zero-order chi connectivity index (χ0) is 30.4. The Morgan fingerprint density at radius 2 is 0.722 bits per heavy atom. The monoisotopic (exact) mass is 605 g/mol. The Morgan fingerprint density at radius 3 is 0.917 bits per heavy atom. The topological polar surface area (TPSA) is 66.4 Å². The van der Waals surface area contributed by atoms with Crippen molar-refractivity contribution in [1.29, 1.82) is 0 Å². The van der Waals surface area contributed by atoms with E-state index in [1.54, 1.807) is 0 Å². The van der Waals surface area contributed by atoms with E-state index in [-0.39, 0.29) is 6.92 Å². The maximum absolute atomic E-state index is 13.4. The third-order valence-electron chi connectivity index (χ3n) is 3.96. The summed E-state index contributed by atoms with van der Waals surface area (Å²) in [6.07, 6.45) is -2.59. The predicted molar refractivity (Wildman–Crippen MR) is 81.3 cm³/mol. The number of alkyl halides is 18. The first kappa shape index (κ1) is 36.8. The Bertz CT molecular complexity index is 869. The summed E-state index contributed by atoms with van der Waals surface area (Å²) in [5.74, 6) is -66.9. The average Bonchev–Trinajstić information content (AvgIpc) is 2.66. The lowest BCUT2D eigenvalue weighted by molar-refractivity contribution is -0.459. The van der Waals surface area contributed by atoms with Crippen molar-refractivity contribution in [2.75, 3.05) is 14.1 Å². The van der Waals surface area contributed by atoms with E-state index in [0.717, 1.165) is 0 Å². The van der Waals surface area contributed by atoms with Gasteiger partial charge >= 0.3 is 62.8 Å². The second kappa shape index (κ2) is 9.73. The molecule has 0 atom stereocenters. The molecule has 0 aromatic rings. The van der Waals surface area contributed by atoms with Crippen LogP contribution in [0.4, 0.5) is 79.0 Å². The Morgan fingerprint density at radius 1 is 0.528 bits per heavy atom. The molecule has 0 heterocycles. The summed E-state index contributed by atoms with van der Waals surface area (Å²) in [6, 6.07) is 0. The van der Waals surface area contributed by atoms with E-state index in [2.05, 4.69) is 5.32 Å². The van der Waals surface area contributed by atoms with Crippen molar-refractivity contribution in [1.82, 2.24) is 5.32 Å². The average molecular weight is 605 g/mol. The molecule has 0 unspecified atom stereocenters. The molecule has 0 amide bonds. The maximum atomic E-state index is 13.4. The first-order valence-corrected chi connectivity index (χ1v) is 9.62. The third kappa shape index (κ3) is 4.77. The number of halogens is 18. The lowest BCUT2D eigenvalue weighted by Gasteiger charge is -2.44. The van der Waals surface area contributed by atoms with Crippen molar-refractivity contribution in [2.24, 2.45) is 0 Å². The molecular formula is C13H13F18NO3S. The fourth-order valence-corrected chi connectivity index (χ4v) is 2.23. The molecule has 0 aliphatic carbocycles. The summed E-state index contributed by atoms with van der Waals surface area (Å²) in [5.41, 5.74) is 0. The molecule has 0 aliphatic heterocycles. The molecule has 220 valence electrons. The number of hydrogen-bond donors (Lipinski definition) is 2. The molecule has 4 nitrogen and oxygen atoms in total. The van der Waals surface area contributed by atoms with Crippen molar-refractivity contribution in [3.8, 4) is 0 Å². The summed E-state index contributed by atoms with van der Waals surface area (Å²) in [6.45, 7) is -0.166. The zero-order valence-corrected chi connectivity index (χ0v) is 18.0. The Balaban J connectivity index is 0. The van der Waals surface area contributed by atoms with Crippen molar-refractivity contribution >= 4 is 10.1 Å².